The first-order valence-electron chi connectivity index (χ1n) is 10.7. The lowest BCUT2D eigenvalue weighted by molar-refractivity contribution is 0.596. The fourth-order valence-corrected chi connectivity index (χ4v) is 5.23. The Balaban J connectivity index is 1.56. The Morgan fingerprint density at radius 3 is 2.53 bits per heavy atom. The first kappa shape index (κ1) is 19.2. The molecule has 6 aromatic rings. The minimum Gasteiger partial charge on any atom is -0.438 e. The molecular weight excluding hydrogens is 412 g/mol. The minimum atomic E-state index is 0.0133. The fourth-order valence-electron chi connectivity index (χ4n) is 4.40. The van der Waals surface area contributed by atoms with Gasteiger partial charge < -0.3 is 4.42 Å². The Morgan fingerprint density at radius 1 is 0.781 bits per heavy atom. The van der Waals surface area contributed by atoms with E-state index < -0.39 is 0 Å². The van der Waals surface area contributed by atoms with Crippen molar-refractivity contribution in [2.45, 2.75) is 26.2 Å². The number of rotatable bonds is 2. The zero-order valence-electron chi connectivity index (χ0n) is 18.2. The summed E-state index contributed by atoms with van der Waals surface area (Å²) in [6.07, 6.45) is 1.60. The van der Waals surface area contributed by atoms with Gasteiger partial charge in [-0.1, -0.05) is 57.2 Å². The van der Waals surface area contributed by atoms with Crippen LogP contribution in [0.4, 0.5) is 0 Å². The molecule has 0 saturated carbocycles. The SMILES string of the molecule is CC(C)(C)c1cc(-c2ncnc3oc(-c4ccc5ccsc5c4)cc23)cc2ccccc12. The summed E-state index contributed by atoms with van der Waals surface area (Å²) in [5, 5.41) is 6.80. The van der Waals surface area contributed by atoms with Crippen molar-refractivity contribution in [1.82, 2.24) is 9.97 Å². The lowest BCUT2D eigenvalue weighted by Crippen LogP contribution is -2.12. The summed E-state index contributed by atoms with van der Waals surface area (Å²) in [6.45, 7) is 6.76. The van der Waals surface area contributed by atoms with Gasteiger partial charge in [-0.2, -0.15) is 0 Å². The average Bonchev–Trinajstić information content (AvgIpc) is 3.43. The van der Waals surface area contributed by atoms with E-state index in [2.05, 4.69) is 103 Å². The van der Waals surface area contributed by atoms with E-state index in [-0.39, 0.29) is 5.41 Å². The quantitative estimate of drug-likeness (QED) is 0.275. The third-order valence-corrected chi connectivity index (χ3v) is 6.89. The molecule has 156 valence electrons. The number of aromatic nitrogens is 2. The number of nitrogens with zero attached hydrogens (tertiary/aromatic N) is 2. The van der Waals surface area contributed by atoms with Gasteiger partial charge in [0, 0.05) is 15.8 Å². The summed E-state index contributed by atoms with van der Waals surface area (Å²) in [6, 6.07) is 23.7. The second-order valence-corrected chi connectivity index (χ2v) is 10.2. The molecule has 32 heavy (non-hydrogen) atoms. The van der Waals surface area contributed by atoms with Crippen LogP contribution in [0.5, 0.6) is 0 Å². The molecule has 0 N–H and O–H groups in total. The first-order valence-corrected chi connectivity index (χ1v) is 11.6. The molecular formula is C28H22N2OS. The summed E-state index contributed by atoms with van der Waals surface area (Å²) >= 11 is 1.74. The van der Waals surface area contributed by atoms with Crippen molar-refractivity contribution in [2.75, 3.05) is 0 Å². The molecule has 0 aliphatic rings. The molecule has 0 bridgehead atoms. The van der Waals surface area contributed by atoms with Gasteiger partial charge in [-0.25, -0.2) is 9.97 Å². The van der Waals surface area contributed by atoms with Gasteiger partial charge in [0.05, 0.1) is 11.1 Å². The first-order chi connectivity index (χ1) is 15.5. The van der Waals surface area contributed by atoms with E-state index >= 15 is 0 Å². The van der Waals surface area contributed by atoms with Crippen molar-refractivity contribution in [1.29, 1.82) is 0 Å². The number of furan rings is 1. The largest absolute Gasteiger partial charge is 0.438 e. The van der Waals surface area contributed by atoms with E-state index in [0.29, 0.717) is 5.71 Å². The van der Waals surface area contributed by atoms with Gasteiger partial charge in [-0.05, 0) is 62.8 Å². The van der Waals surface area contributed by atoms with Crippen LogP contribution in [0.1, 0.15) is 26.3 Å². The van der Waals surface area contributed by atoms with Crippen LogP contribution in [-0.2, 0) is 5.41 Å². The zero-order chi connectivity index (χ0) is 21.9. The smallest absolute Gasteiger partial charge is 0.230 e. The third-order valence-electron chi connectivity index (χ3n) is 6.01. The molecule has 3 heterocycles. The standard InChI is InChI=1S/C28H22N2OS/c1-28(2,3)23-13-20(12-18-6-4-5-7-21(18)23)26-22-15-24(31-27(22)30-16-29-26)19-9-8-17-10-11-32-25(17)14-19/h4-16H,1-3H3. The molecule has 0 aliphatic heterocycles. The highest BCUT2D eigenvalue weighted by Crippen LogP contribution is 2.38. The van der Waals surface area contributed by atoms with Gasteiger partial charge in [0.15, 0.2) is 0 Å². The normalized spacial score (nSPS) is 12.2. The number of fused-ring (bicyclic) bond motifs is 3. The Labute approximate surface area is 190 Å². The highest BCUT2D eigenvalue weighted by atomic mass is 32.1. The molecule has 0 fully saturated rings. The highest BCUT2D eigenvalue weighted by molar-refractivity contribution is 7.17. The maximum absolute atomic E-state index is 6.18. The van der Waals surface area contributed by atoms with E-state index in [1.54, 1.807) is 17.7 Å². The maximum Gasteiger partial charge on any atom is 0.230 e. The van der Waals surface area contributed by atoms with Gasteiger partial charge in [0.25, 0.3) is 0 Å². The van der Waals surface area contributed by atoms with Crippen molar-refractivity contribution in [3.63, 3.8) is 0 Å². The molecule has 4 heteroatoms. The van der Waals surface area contributed by atoms with Crippen LogP contribution in [0.2, 0.25) is 0 Å². The average molecular weight is 435 g/mol. The van der Waals surface area contributed by atoms with Crippen LogP contribution in [0.15, 0.2) is 82.9 Å². The van der Waals surface area contributed by atoms with Crippen LogP contribution < -0.4 is 0 Å². The number of benzene rings is 3. The number of thiophene rings is 1. The van der Waals surface area contributed by atoms with Gasteiger partial charge in [-0.15, -0.1) is 11.3 Å². The van der Waals surface area contributed by atoms with E-state index in [0.717, 1.165) is 28.0 Å². The molecule has 0 atom stereocenters. The molecule has 0 spiro atoms. The fraction of sp³-hybridized carbons (Fsp3) is 0.143. The van der Waals surface area contributed by atoms with Crippen LogP contribution >= 0.6 is 11.3 Å². The Bertz CT molecular complexity index is 1620. The van der Waals surface area contributed by atoms with Crippen LogP contribution in [0.3, 0.4) is 0 Å². The van der Waals surface area contributed by atoms with E-state index in [1.807, 2.05) is 0 Å². The van der Waals surface area contributed by atoms with Gasteiger partial charge >= 0.3 is 0 Å². The maximum atomic E-state index is 6.18. The number of hydrogen-bond acceptors (Lipinski definition) is 4. The van der Waals surface area contributed by atoms with Crippen LogP contribution in [0.25, 0.3) is 54.5 Å². The predicted molar refractivity (Wildman–Crippen MR) is 134 cm³/mol. The summed E-state index contributed by atoms with van der Waals surface area (Å²) < 4.78 is 7.43. The van der Waals surface area contributed by atoms with Crippen molar-refractivity contribution in [3.05, 3.63) is 84.0 Å². The number of hydrogen-bond donors (Lipinski definition) is 0. The van der Waals surface area contributed by atoms with E-state index in [9.17, 15) is 0 Å². The molecule has 6 rings (SSSR count). The molecule has 3 nitrogen and oxygen atoms in total. The van der Waals surface area contributed by atoms with Crippen molar-refractivity contribution in [3.8, 4) is 22.6 Å². The second-order valence-electron chi connectivity index (χ2n) is 9.22. The van der Waals surface area contributed by atoms with Crippen molar-refractivity contribution >= 4 is 43.3 Å². The predicted octanol–water partition coefficient (Wildman–Crippen LogP) is 8.22. The Kier molecular flexibility index (Phi) is 4.21. The summed E-state index contributed by atoms with van der Waals surface area (Å²) in [4.78, 5) is 9.11. The van der Waals surface area contributed by atoms with Crippen molar-refractivity contribution in [2.24, 2.45) is 0 Å². The molecule has 3 aromatic carbocycles. The summed E-state index contributed by atoms with van der Waals surface area (Å²) in [7, 11) is 0. The summed E-state index contributed by atoms with van der Waals surface area (Å²) in [5.74, 6) is 0.814. The van der Waals surface area contributed by atoms with E-state index in [1.165, 1.54) is 26.4 Å². The molecule has 0 saturated heterocycles. The van der Waals surface area contributed by atoms with Crippen molar-refractivity contribution < 1.29 is 4.42 Å². The molecule has 0 aliphatic carbocycles. The van der Waals surface area contributed by atoms with Gasteiger partial charge in [-0.3, -0.25) is 0 Å². The van der Waals surface area contributed by atoms with Crippen LogP contribution in [-0.4, -0.2) is 9.97 Å². The molecule has 3 aromatic heterocycles. The lowest BCUT2D eigenvalue weighted by atomic mass is 9.82. The Morgan fingerprint density at radius 2 is 1.66 bits per heavy atom. The molecule has 0 radical (unpaired) electrons. The summed E-state index contributed by atoms with van der Waals surface area (Å²) in [5.41, 5.74) is 4.98. The lowest BCUT2D eigenvalue weighted by Gasteiger charge is -2.22. The topological polar surface area (TPSA) is 38.9 Å². The third kappa shape index (κ3) is 3.10. The van der Waals surface area contributed by atoms with Gasteiger partial charge in [0.1, 0.15) is 12.1 Å². The Hall–Kier alpha value is -3.50. The minimum absolute atomic E-state index is 0.0133. The van der Waals surface area contributed by atoms with Gasteiger partial charge in [0.2, 0.25) is 5.71 Å². The zero-order valence-corrected chi connectivity index (χ0v) is 19.0. The monoisotopic (exact) mass is 434 g/mol. The second kappa shape index (κ2) is 7.01. The van der Waals surface area contributed by atoms with Crippen LogP contribution in [0, 0.1) is 0 Å². The van der Waals surface area contributed by atoms with E-state index in [4.69, 9.17) is 4.42 Å². The molecule has 0 amide bonds. The molecule has 0 unspecified atom stereocenters. The highest BCUT2D eigenvalue weighted by Gasteiger charge is 2.20.